The van der Waals surface area contributed by atoms with E-state index < -0.39 is 5.60 Å². The summed E-state index contributed by atoms with van der Waals surface area (Å²) >= 11 is 0. The van der Waals surface area contributed by atoms with E-state index in [-0.39, 0.29) is 18.1 Å². The number of hydrogen-bond acceptors (Lipinski definition) is 3. The third-order valence-electron chi connectivity index (χ3n) is 4.63. The topological polar surface area (TPSA) is 38.7 Å². The minimum atomic E-state index is -0.943. The summed E-state index contributed by atoms with van der Waals surface area (Å²) in [5.41, 5.74) is 1.18. The van der Waals surface area contributed by atoms with Gasteiger partial charge in [0.05, 0.1) is 19.3 Å². The first-order valence-electron chi connectivity index (χ1n) is 7.34. The molecule has 3 nitrogen and oxygen atoms in total. The van der Waals surface area contributed by atoms with Crippen LogP contribution in [0.3, 0.4) is 0 Å². The van der Waals surface area contributed by atoms with E-state index in [0.717, 1.165) is 11.1 Å². The fraction of sp³-hybridized carbons (Fsp3) is 0.333. The second-order valence-electron chi connectivity index (χ2n) is 5.86. The Kier molecular flexibility index (Phi) is 3.07. The molecule has 0 saturated carbocycles. The first-order valence-corrected chi connectivity index (χ1v) is 7.34. The summed E-state index contributed by atoms with van der Waals surface area (Å²) in [6.07, 6.45) is -0.401. The van der Waals surface area contributed by atoms with Gasteiger partial charge in [-0.15, -0.1) is 0 Å². The molecule has 0 radical (unpaired) electrons. The first kappa shape index (κ1) is 13.0. The van der Waals surface area contributed by atoms with Gasteiger partial charge in [-0.1, -0.05) is 60.7 Å². The number of benzene rings is 2. The van der Waals surface area contributed by atoms with Crippen LogP contribution in [-0.2, 0) is 9.47 Å². The van der Waals surface area contributed by atoms with Gasteiger partial charge in [0.25, 0.3) is 0 Å². The van der Waals surface area contributed by atoms with Crippen molar-refractivity contribution in [1.82, 2.24) is 0 Å². The van der Waals surface area contributed by atoms with E-state index in [0.29, 0.717) is 13.2 Å². The molecule has 2 aromatic carbocycles. The lowest BCUT2D eigenvalue weighted by molar-refractivity contribution is -0.0628. The Morgan fingerprint density at radius 1 is 0.857 bits per heavy atom. The lowest BCUT2D eigenvalue weighted by Gasteiger charge is -2.27. The van der Waals surface area contributed by atoms with Crippen molar-refractivity contribution in [3.05, 3.63) is 71.8 Å². The predicted molar refractivity (Wildman–Crippen MR) is 78.7 cm³/mol. The average Bonchev–Trinajstić information content (AvgIpc) is 3.03. The van der Waals surface area contributed by atoms with Crippen LogP contribution >= 0.6 is 0 Å². The normalized spacial score (nSPS) is 34.8. The highest BCUT2D eigenvalue weighted by atomic mass is 16.6. The molecule has 0 aliphatic carbocycles. The molecule has 2 aliphatic rings. The fourth-order valence-corrected chi connectivity index (χ4v) is 3.54. The minimum absolute atomic E-state index is 0.0230. The smallest absolute Gasteiger partial charge is 0.126 e. The van der Waals surface area contributed by atoms with Crippen molar-refractivity contribution in [2.45, 2.75) is 17.8 Å². The molecule has 3 heteroatoms. The molecule has 0 bridgehead atoms. The molecule has 2 saturated heterocycles. The van der Waals surface area contributed by atoms with Crippen molar-refractivity contribution in [3.63, 3.8) is 0 Å². The summed E-state index contributed by atoms with van der Waals surface area (Å²) in [5.74, 6) is -0.0230. The summed E-state index contributed by atoms with van der Waals surface area (Å²) in [5, 5.41) is 11.1. The van der Waals surface area contributed by atoms with Crippen LogP contribution in [0.4, 0.5) is 0 Å². The molecule has 2 aliphatic heterocycles. The predicted octanol–water partition coefficient (Wildman–Crippen LogP) is 2.88. The van der Waals surface area contributed by atoms with E-state index in [4.69, 9.17) is 9.47 Å². The standard InChI is InChI=1S/C18H18O3/c19-18-12-21-16(13-7-3-1-4-8-13)15(18)11-20-17(18)14-9-5-2-6-10-14/h1-10,15-17,19H,11-12H2/t15-,16+,17+,18-/m0/s1. The monoisotopic (exact) mass is 282 g/mol. The number of rotatable bonds is 2. The molecular weight excluding hydrogens is 264 g/mol. The van der Waals surface area contributed by atoms with Gasteiger partial charge >= 0.3 is 0 Å². The molecule has 4 atom stereocenters. The summed E-state index contributed by atoms with van der Waals surface area (Å²) in [6, 6.07) is 20.0. The molecule has 2 fully saturated rings. The third-order valence-corrected chi connectivity index (χ3v) is 4.63. The van der Waals surface area contributed by atoms with Crippen molar-refractivity contribution in [3.8, 4) is 0 Å². The Balaban J connectivity index is 1.66. The van der Waals surface area contributed by atoms with Crippen molar-refractivity contribution in [1.29, 1.82) is 0 Å². The molecule has 21 heavy (non-hydrogen) atoms. The van der Waals surface area contributed by atoms with Gasteiger partial charge in [0.1, 0.15) is 11.7 Å². The third kappa shape index (κ3) is 2.01. The number of ether oxygens (including phenoxy) is 2. The van der Waals surface area contributed by atoms with Crippen molar-refractivity contribution < 1.29 is 14.6 Å². The summed E-state index contributed by atoms with van der Waals surface area (Å²) in [6.45, 7) is 0.840. The highest BCUT2D eigenvalue weighted by Crippen LogP contribution is 2.52. The van der Waals surface area contributed by atoms with Gasteiger partial charge in [-0.3, -0.25) is 0 Å². The summed E-state index contributed by atoms with van der Waals surface area (Å²) < 4.78 is 11.9. The van der Waals surface area contributed by atoms with E-state index in [2.05, 4.69) is 0 Å². The molecule has 0 unspecified atom stereocenters. The van der Waals surface area contributed by atoms with Gasteiger partial charge in [0, 0.05) is 5.92 Å². The Morgan fingerprint density at radius 2 is 1.48 bits per heavy atom. The van der Waals surface area contributed by atoms with Gasteiger partial charge in [-0.25, -0.2) is 0 Å². The molecule has 1 N–H and O–H groups in total. The maximum atomic E-state index is 11.1. The van der Waals surface area contributed by atoms with E-state index in [9.17, 15) is 5.11 Å². The van der Waals surface area contributed by atoms with Crippen LogP contribution in [0.25, 0.3) is 0 Å². The van der Waals surface area contributed by atoms with Crippen molar-refractivity contribution in [2.75, 3.05) is 13.2 Å². The SMILES string of the molecule is O[C@@]12CO[C@H](c3ccccc3)[C@@H]1CO[C@@H]2c1ccccc1. The Morgan fingerprint density at radius 3 is 2.14 bits per heavy atom. The molecule has 4 rings (SSSR count). The van der Waals surface area contributed by atoms with Crippen LogP contribution in [0.5, 0.6) is 0 Å². The van der Waals surface area contributed by atoms with Crippen molar-refractivity contribution >= 4 is 0 Å². The Bertz CT molecular complexity index is 613. The van der Waals surface area contributed by atoms with Crippen LogP contribution in [0.15, 0.2) is 60.7 Å². The zero-order chi connectivity index (χ0) is 14.3. The number of hydrogen-bond donors (Lipinski definition) is 1. The van der Waals surface area contributed by atoms with Gasteiger partial charge < -0.3 is 14.6 Å². The van der Waals surface area contributed by atoms with Crippen LogP contribution in [0, 0.1) is 5.92 Å². The van der Waals surface area contributed by atoms with Crippen LogP contribution in [-0.4, -0.2) is 23.9 Å². The van der Waals surface area contributed by atoms with Crippen molar-refractivity contribution in [2.24, 2.45) is 5.92 Å². The molecule has 108 valence electrons. The largest absolute Gasteiger partial charge is 0.384 e. The first-order chi connectivity index (χ1) is 10.3. The van der Waals surface area contributed by atoms with E-state index in [1.165, 1.54) is 0 Å². The second-order valence-corrected chi connectivity index (χ2v) is 5.86. The van der Waals surface area contributed by atoms with Gasteiger partial charge in [-0.05, 0) is 11.1 Å². The van der Waals surface area contributed by atoms with E-state index in [1.54, 1.807) is 0 Å². The number of aliphatic hydroxyl groups is 1. The molecule has 2 aromatic rings. The second kappa shape index (κ2) is 4.95. The minimum Gasteiger partial charge on any atom is -0.384 e. The maximum absolute atomic E-state index is 11.1. The van der Waals surface area contributed by atoms with E-state index >= 15 is 0 Å². The molecule has 0 aromatic heterocycles. The van der Waals surface area contributed by atoms with Crippen LogP contribution in [0.1, 0.15) is 23.3 Å². The van der Waals surface area contributed by atoms with Crippen LogP contribution in [0.2, 0.25) is 0 Å². The Labute approximate surface area is 124 Å². The van der Waals surface area contributed by atoms with Gasteiger partial charge in [0.15, 0.2) is 0 Å². The lowest BCUT2D eigenvalue weighted by atomic mass is 9.81. The quantitative estimate of drug-likeness (QED) is 0.920. The maximum Gasteiger partial charge on any atom is 0.126 e. The van der Waals surface area contributed by atoms with Gasteiger partial charge in [0.2, 0.25) is 0 Å². The highest BCUT2D eigenvalue weighted by Gasteiger charge is 2.59. The average molecular weight is 282 g/mol. The van der Waals surface area contributed by atoms with E-state index in [1.807, 2.05) is 60.7 Å². The zero-order valence-corrected chi connectivity index (χ0v) is 11.7. The van der Waals surface area contributed by atoms with Gasteiger partial charge in [-0.2, -0.15) is 0 Å². The molecular formula is C18H18O3. The Hall–Kier alpha value is -1.68. The highest BCUT2D eigenvalue weighted by molar-refractivity contribution is 5.27. The number of fused-ring (bicyclic) bond motifs is 1. The molecule has 0 spiro atoms. The summed E-state index contributed by atoms with van der Waals surface area (Å²) in [7, 11) is 0. The molecule has 2 heterocycles. The molecule has 0 amide bonds. The zero-order valence-electron chi connectivity index (χ0n) is 11.7. The summed E-state index contributed by atoms with van der Waals surface area (Å²) in [4.78, 5) is 0. The van der Waals surface area contributed by atoms with Crippen LogP contribution < -0.4 is 0 Å². The lowest BCUT2D eigenvalue weighted by Crippen LogP contribution is -2.39. The fourth-order valence-electron chi connectivity index (χ4n) is 3.54.